The lowest BCUT2D eigenvalue weighted by Gasteiger charge is -2.35. The van der Waals surface area contributed by atoms with Gasteiger partial charge in [-0.15, -0.1) is 0 Å². The first kappa shape index (κ1) is 20.9. The van der Waals surface area contributed by atoms with Gasteiger partial charge in [-0.05, 0) is 56.7 Å². The maximum Gasteiger partial charge on any atom is 0.341 e. The topological polar surface area (TPSA) is 55.8 Å². The van der Waals surface area contributed by atoms with Crippen LogP contribution in [0.4, 0.5) is 5.69 Å². The molecule has 5 nitrogen and oxygen atoms in total. The largest absolute Gasteiger partial charge is 0.462 e. The molecule has 0 aliphatic carbocycles. The Morgan fingerprint density at radius 1 is 0.897 bits per heavy atom. The van der Waals surface area contributed by atoms with Crippen LogP contribution in [-0.2, 0) is 15.9 Å². The Labute approximate surface area is 172 Å². The van der Waals surface area contributed by atoms with Crippen molar-refractivity contribution in [3.63, 3.8) is 0 Å². The molecule has 0 saturated carbocycles. The normalized spacial score (nSPS) is 14.5. The van der Waals surface area contributed by atoms with Crippen molar-refractivity contribution in [2.45, 2.75) is 33.1 Å². The van der Waals surface area contributed by atoms with Crippen molar-refractivity contribution in [3.05, 3.63) is 65.2 Å². The van der Waals surface area contributed by atoms with Crippen molar-refractivity contribution in [1.29, 1.82) is 0 Å². The monoisotopic (exact) mass is 395 g/mol. The quantitative estimate of drug-likeness (QED) is 0.646. The van der Waals surface area contributed by atoms with Crippen LogP contribution in [0.25, 0.3) is 0 Å². The average molecular weight is 395 g/mol. The van der Waals surface area contributed by atoms with E-state index in [9.17, 15) is 9.59 Å². The molecule has 1 aliphatic heterocycles. The smallest absolute Gasteiger partial charge is 0.341 e. The molecule has 154 valence electrons. The van der Waals surface area contributed by atoms with E-state index in [0.717, 1.165) is 38.0 Å². The van der Waals surface area contributed by atoms with Crippen LogP contribution in [0.2, 0.25) is 0 Å². The molecule has 1 heterocycles. The van der Waals surface area contributed by atoms with Crippen molar-refractivity contribution in [2.24, 2.45) is 5.92 Å². The number of hydrogen-bond acceptors (Lipinski definition) is 5. The lowest BCUT2D eigenvalue weighted by atomic mass is 9.89. The van der Waals surface area contributed by atoms with Gasteiger partial charge in [-0.2, -0.15) is 0 Å². The van der Waals surface area contributed by atoms with Gasteiger partial charge >= 0.3 is 11.9 Å². The summed E-state index contributed by atoms with van der Waals surface area (Å²) in [7, 11) is 0. The van der Waals surface area contributed by atoms with Crippen LogP contribution in [0.15, 0.2) is 48.5 Å². The summed E-state index contributed by atoms with van der Waals surface area (Å²) >= 11 is 0. The third-order valence-electron chi connectivity index (χ3n) is 5.34. The molecule has 0 bridgehead atoms. The molecule has 1 aliphatic rings. The standard InChI is InChI=1S/C24H29NO4/c1-3-28-23(26)20-11-8-12-21(22(20)24(27)29-4-2)25-15-13-19(14-16-25)17-18-9-6-5-7-10-18/h5-12,19H,3-4,13-17H2,1-2H3. The van der Waals surface area contributed by atoms with E-state index in [1.54, 1.807) is 26.0 Å². The van der Waals surface area contributed by atoms with E-state index in [1.165, 1.54) is 5.56 Å². The highest BCUT2D eigenvalue weighted by molar-refractivity contribution is 6.07. The van der Waals surface area contributed by atoms with E-state index in [1.807, 2.05) is 12.1 Å². The highest BCUT2D eigenvalue weighted by Crippen LogP contribution is 2.31. The van der Waals surface area contributed by atoms with Crippen LogP contribution in [-0.4, -0.2) is 38.2 Å². The van der Waals surface area contributed by atoms with Crippen molar-refractivity contribution in [2.75, 3.05) is 31.2 Å². The predicted molar refractivity (Wildman–Crippen MR) is 113 cm³/mol. The molecule has 1 fully saturated rings. The van der Waals surface area contributed by atoms with Gasteiger partial charge in [-0.1, -0.05) is 36.4 Å². The molecule has 29 heavy (non-hydrogen) atoms. The zero-order valence-electron chi connectivity index (χ0n) is 17.2. The number of nitrogens with zero attached hydrogens (tertiary/aromatic N) is 1. The van der Waals surface area contributed by atoms with E-state index in [-0.39, 0.29) is 18.8 Å². The predicted octanol–water partition coefficient (Wildman–Crippen LogP) is 4.50. The summed E-state index contributed by atoms with van der Waals surface area (Å²) in [6.45, 7) is 5.72. The zero-order valence-corrected chi connectivity index (χ0v) is 17.2. The van der Waals surface area contributed by atoms with E-state index in [2.05, 4.69) is 29.2 Å². The number of benzene rings is 2. The molecule has 1 saturated heterocycles. The summed E-state index contributed by atoms with van der Waals surface area (Å²) < 4.78 is 10.4. The maximum atomic E-state index is 12.7. The summed E-state index contributed by atoms with van der Waals surface area (Å²) in [5, 5.41) is 0. The fourth-order valence-corrected chi connectivity index (χ4v) is 3.93. The minimum Gasteiger partial charge on any atom is -0.462 e. The van der Waals surface area contributed by atoms with Gasteiger partial charge in [0, 0.05) is 13.1 Å². The second-order valence-electron chi connectivity index (χ2n) is 7.26. The van der Waals surface area contributed by atoms with Gasteiger partial charge < -0.3 is 14.4 Å². The Hall–Kier alpha value is -2.82. The van der Waals surface area contributed by atoms with Crippen LogP contribution in [0, 0.1) is 5.92 Å². The Balaban J connectivity index is 1.78. The number of hydrogen-bond donors (Lipinski definition) is 0. The van der Waals surface area contributed by atoms with Crippen molar-refractivity contribution in [1.82, 2.24) is 0 Å². The van der Waals surface area contributed by atoms with E-state index in [0.29, 0.717) is 11.5 Å². The summed E-state index contributed by atoms with van der Waals surface area (Å²) in [6, 6.07) is 15.9. The number of ether oxygens (including phenoxy) is 2. The Kier molecular flexibility index (Phi) is 7.28. The van der Waals surface area contributed by atoms with E-state index in [4.69, 9.17) is 9.47 Å². The molecule has 0 atom stereocenters. The number of carbonyl (C=O) groups is 2. The SMILES string of the molecule is CCOC(=O)c1cccc(N2CCC(Cc3ccccc3)CC2)c1C(=O)OCC. The second-order valence-corrected chi connectivity index (χ2v) is 7.26. The molecule has 0 radical (unpaired) electrons. The molecular weight excluding hydrogens is 366 g/mol. The lowest BCUT2D eigenvalue weighted by molar-refractivity contribution is 0.0479. The number of carbonyl (C=O) groups excluding carboxylic acids is 2. The Morgan fingerprint density at radius 3 is 2.21 bits per heavy atom. The molecule has 0 amide bonds. The van der Waals surface area contributed by atoms with Crippen LogP contribution in [0.1, 0.15) is 53.0 Å². The van der Waals surface area contributed by atoms with Crippen LogP contribution in [0.5, 0.6) is 0 Å². The van der Waals surface area contributed by atoms with Crippen molar-refractivity contribution in [3.8, 4) is 0 Å². The minimum absolute atomic E-state index is 0.259. The van der Waals surface area contributed by atoms with Gasteiger partial charge in [0.15, 0.2) is 0 Å². The van der Waals surface area contributed by atoms with Gasteiger partial charge in [0.25, 0.3) is 0 Å². The molecule has 2 aromatic rings. The third-order valence-corrected chi connectivity index (χ3v) is 5.34. The summed E-state index contributed by atoms with van der Waals surface area (Å²) in [5.41, 5.74) is 2.71. The minimum atomic E-state index is -0.489. The van der Waals surface area contributed by atoms with E-state index >= 15 is 0 Å². The van der Waals surface area contributed by atoms with Crippen LogP contribution >= 0.6 is 0 Å². The first-order valence-electron chi connectivity index (χ1n) is 10.4. The molecule has 0 spiro atoms. The highest BCUT2D eigenvalue weighted by Gasteiger charge is 2.28. The Morgan fingerprint density at radius 2 is 1.55 bits per heavy atom. The van der Waals surface area contributed by atoms with E-state index < -0.39 is 11.9 Å². The molecule has 0 N–H and O–H groups in total. The molecule has 2 aromatic carbocycles. The molecular formula is C24H29NO4. The number of piperidine rings is 1. The van der Waals surface area contributed by atoms with Crippen LogP contribution in [0.3, 0.4) is 0 Å². The zero-order chi connectivity index (χ0) is 20.6. The maximum absolute atomic E-state index is 12.7. The number of rotatable bonds is 7. The fourth-order valence-electron chi connectivity index (χ4n) is 3.93. The molecule has 5 heteroatoms. The first-order chi connectivity index (χ1) is 14.1. The number of esters is 2. The van der Waals surface area contributed by atoms with Gasteiger partial charge in [-0.25, -0.2) is 9.59 Å². The summed E-state index contributed by atoms with van der Waals surface area (Å²) in [6.07, 6.45) is 3.16. The van der Waals surface area contributed by atoms with Gasteiger partial charge in [0.2, 0.25) is 0 Å². The lowest BCUT2D eigenvalue weighted by Crippen LogP contribution is -2.35. The van der Waals surface area contributed by atoms with Gasteiger partial charge in [0.1, 0.15) is 0 Å². The molecule has 0 unspecified atom stereocenters. The third kappa shape index (κ3) is 5.17. The average Bonchev–Trinajstić information content (AvgIpc) is 2.75. The number of anilines is 1. The summed E-state index contributed by atoms with van der Waals surface area (Å²) in [5.74, 6) is -0.345. The first-order valence-corrected chi connectivity index (χ1v) is 10.4. The second kappa shape index (κ2) is 10.1. The molecule has 0 aromatic heterocycles. The van der Waals surface area contributed by atoms with Gasteiger partial charge in [0.05, 0.1) is 30.0 Å². The molecule has 3 rings (SSSR count). The Bertz CT molecular complexity index is 826. The summed E-state index contributed by atoms with van der Waals surface area (Å²) in [4.78, 5) is 27.3. The fraction of sp³-hybridized carbons (Fsp3) is 0.417. The van der Waals surface area contributed by atoms with Crippen molar-refractivity contribution >= 4 is 17.6 Å². The highest BCUT2D eigenvalue weighted by atomic mass is 16.5. The van der Waals surface area contributed by atoms with Crippen molar-refractivity contribution < 1.29 is 19.1 Å². The van der Waals surface area contributed by atoms with Crippen LogP contribution < -0.4 is 4.90 Å². The van der Waals surface area contributed by atoms with Gasteiger partial charge in [-0.3, -0.25) is 0 Å².